The number of nitrogens with two attached hydrogens (primary N) is 1. The van der Waals surface area contributed by atoms with Crippen LogP contribution in [0.4, 0.5) is 18.3 Å². The Bertz CT molecular complexity index is 331. The molecule has 0 atom stereocenters. The molecule has 0 radical (unpaired) electrons. The fourth-order valence-corrected chi connectivity index (χ4v) is 1.60. The molecule has 0 unspecified atom stereocenters. The normalized spacial score (nSPS) is 11.8. The summed E-state index contributed by atoms with van der Waals surface area (Å²) in [6.07, 6.45) is -3.76. The molecule has 0 aliphatic heterocycles. The van der Waals surface area contributed by atoms with Crippen LogP contribution in [0.15, 0.2) is 0 Å². The van der Waals surface area contributed by atoms with Crippen LogP contribution in [0.2, 0.25) is 0 Å². The minimum atomic E-state index is -4.43. The minimum Gasteiger partial charge on any atom is -0.380 e. The van der Waals surface area contributed by atoms with E-state index in [1.54, 1.807) is 0 Å². The van der Waals surface area contributed by atoms with Crippen molar-refractivity contribution in [2.24, 2.45) is 5.73 Å². The van der Waals surface area contributed by atoms with E-state index in [-0.39, 0.29) is 5.13 Å². The van der Waals surface area contributed by atoms with Crippen molar-refractivity contribution in [3.8, 4) is 0 Å². The van der Waals surface area contributed by atoms with Crippen LogP contribution in [0, 0.1) is 0 Å². The first kappa shape index (κ1) is 14.1. The summed E-state index contributed by atoms with van der Waals surface area (Å²) in [7, 11) is 0. The Kier molecular flexibility index (Phi) is 5.59. The van der Waals surface area contributed by atoms with Gasteiger partial charge in [0, 0.05) is 19.7 Å². The zero-order valence-corrected chi connectivity index (χ0v) is 9.77. The van der Waals surface area contributed by atoms with Gasteiger partial charge in [-0.1, -0.05) is 11.3 Å². The predicted octanol–water partition coefficient (Wildman–Crippen LogP) is 1.33. The summed E-state index contributed by atoms with van der Waals surface area (Å²) in [6.45, 7) is 1.93. The lowest BCUT2D eigenvalue weighted by molar-refractivity contribution is -0.138. The number of ether oxygens (including phenoxy) is 1. The van der Waals surface area contributed by atoms with Gasteiger partial charge in [0.1, 0.15) is 0 Å². The molecule has 5 nitrogen and oxygen atoms in total. The topological polar surface area (TPSA) is 73.1 Å². The molecule has 0 aliphatic carbocycles. The molecule has 17 heavy (non-hydrogen) atoms. The maximum Gasteiger partial charge on any atom is 0.445 e. The van der Waals surface area contributed by atoms with Gasteiger partial charge in [-0.2, -0.15) is 13.2 Å². The molecule has 1 rings (SSSR count). The highest BCUT2D eigenvalue weighted by Crippen LogP contribution is 2.32. The van der Waals surface area contributed by atoms with Crippen molar-refractivity contribution in [2.75, 3.05) is 31.6 Å². The van der Waals surface area contributed by atoms with Gasteiger partial charge in [-0.3, -0.25) is 0 Å². The highest BCUT2D eigenvalue weighted by atomic mass is 32.1. The number of alkyl halides is 3. The molecule has 0 saturated heterocycles. The molecular formula is C8H13F3N4OS. The number of nitrogens with zero attached hydrogens (tertiary/aromatic N) is 2. The molecule has 0 amide bonds. The molecule has 0 fully saturated rings. The van der Waals surface area contributed by atoms with Crippen molar-refractivity contribution in [1.29, 1.82) is 0 Å². The molecule has 1 aromatic heterocycles. The van der Waals surface area contributed by atoms with Crippen LogP contribution in [0.25, 0.3) is 0 Å². The second-order valence-corrected chi connectivity index (χ2v) is 4.07. The third-order valence-corrected chi connectivity index (χ3v) is 2.60. The second-order valence-electron chi connectivity index (χ2n) is 3.09. The number of hydrogen-bond acceptors (Lipinski definition) is 6. The quantitative estimate of drug-likeness (QED) is 0.731. The fraction of sp³-hybridized carbons (Fsp3) is 0.750. The van der Waals surface area contributed by atoms with Crippen LogP contribution < -0.4 is 11.1 Å². The molecular weight excluding hydrogens is 257 g/mol. The summed E-state index contributed by atoms with van der Waals surface area (Å²) in [4.78, 5) is 0. The lowest BCUT2D eigenvalue weighted by atomic mass is 10.4. The molecule has 3 N–H and O–H groups in total. The van der Waals surface area contributed by atoms with Crippen molar-refractivity contribution in [3.05, 3.63) is 5.01 Å². The standard InChI is InChI=1S/C8H13F3N4OS/c9-8(10,11)6-14-15-7(17-6)13-3-1-4-16-5-2-12/h1-5,12H2,(H,13,15). The van der Waals surface area contributed by atoms with E-state index in [4.69, 9.17) is 10.5 Å². The molecule has 0 aliphatic rings. The maximum absolute atomic E-state index is 12.2. The largest absolute Gasteiger partial charge is 0.445 e. The average Bonchev–Trinajstić information content (AvgIpc) is 2.71. The van der Waals surface area contributed by atoms with Crippen LogP contribution in [0.3, 0.4) is 0 Å². The van der Waals surface area contributed by atoms with E-state index >= 15 is 0 Å². The molecule has 0 spiro atoms. The number of rotatable bonds is 7. The van der Waals surface area contributed by atoms with Gasteiger partial charge in [0.25, 0.3) is 0 Å². The minimum absolute atomic E-state index is 0.163. The highest BCUT2D eigenvalue weighted by molar-refractivity contribution is 7.15. The van der Waals surface area contributed by atoms with Crippen molar-refractivity contribution in [2.45, 2.75) is 12.6 Å². The van der Waals surface area contributed by atoms with E-state index in [1.165, 1.54) is 0 Å². The molecule has 9 heteroatoms. The van der Waals surface area contributed by atoms with Gasteiger partial charge in [0.15, 0.2) is 0 Å². The van der Waals surface area contributed by atoms with Gasteiger partial charge in [-0.05, 0) is 6.42 Å². The fourth-order valence-electron chi connectivity index (χ4n) is 0.964. The average molecular weight is 270 g/mol. The van der Waals surface area contributed by atoms with E-state index in [2.05, 4.69) is 15.5 Å². The first-order valence-electron chi connectivity index (χ1n) is 4.96. The van der Waals surface area contributed by atoms with Crippen LogP contribution >= 0.6 is 11.3 Å². The predicted molar refractivity (Wildman–Crippen MR) is 57.9 cm³/mol. The third kappa shape index (κ3) is 5.29. The monoisotopic (exact) mass is 270 g/mol. The summed E-state index contributed by atoms with van der Waals surface area (Å²) in [5, 5.41) is 8.41. The SMILES string of the molecule is NCCOCCCNc1nnc(C(F)(F)F)s1. The van der Waals surface area contributed by atoms with Crippen LogP contribution in [0.1, 0.15) is 11.4 Å². The number of hydrogen-bond donors (Lipinski definition) is 2. The van der Waals surface area contributed by atoms with E-state index in [9.17, 15) is 13.2 Å². The van der Waals surface area contributed by atoms with Crippen molar-refractivity contribution >= 4 is 16.5 Å². The van der Waals surface area contributed by atoms with Crippen molar-refractivity contribution < 1.29 is 17.9 Å². The number of halogens is 3. The Hall–Kier alpha value is -0.930. The van der Waals surface area contributed by atoms with Crippen molar-refractivity contribution in [3.63, 3.8) is 0 Å². The van der Waals surface area contributed by atoms with Crippen LogP contribution in [-0.2, 0) is 10.9 Å². The first-order chi connectivity index (χ1) is 8.04. The zero-order chi connectivity index (χ0) is 12.7. The van der Waals surface area contributed by atoms with Crippen LogP contribution in [-0.4, -0.2) is 36.5 Å². The lowest BCUT2D eigenvalue weighted by Gasteiger charge is -2.03. The number of anilines is 1. The summed E-state index contributed by atoms with van der Waals surface area (Å²) < 4.78 is 41.6. The van der Waals surface area contributed by atoms with Gasteiger partial charge in [-0.15, -0.1) is 10.2 Å². The van der Waals surface area contributed by atoms with E-state index in [0.29, 0.717) is 44.1 Å². The second kappa shape index (κ2) is 6.72. The Morgan fingerprint density at radius 1 is 1.29 bits per heavy atom. The molecule has 98 valence electrons. The Balaban J connectivity index is 2.21. The zero-order valence-electron chi connectivity index (χ0n) is 8.96. The molecule has 1 aromatic rings. The molecule has 0 saturated carbocycles. The molecule has 1 heterocycles. The van der Waals surface area contributed by atoms with Gasteiger partial charge in [0.05, 0.1) is 6.61 Å². The molecule has 0 bridgehead atoms. The van der Waals surface area contributed by atoms with Crippen molar-refractivity contribution in [1.82, 2.24) is 10.2 Å². The van der Waals surface area contributed by atoms with E-state index in [0.717, 1.165) is 0 Å². The van der Waals surface area contributed by atoms with Gasteiger partial charge < -0.3 is 15.8 Å². The Labute approximate surface area is 100 Å². The van der Waals surface area contributed by atoms with Gasteiger partial charge in [0.2, 0.25) is 10.1 Å². The lowest BCUT2D eigenvalue weighted by Crippen LogP contribution is -2.11. The van der Waals surface area contributed by atoms with E-state index < -0.39 is 11.2 Å². The number of nitrogens with one attached hydrogen (secondary N) is 1. The van der Waals surface area contributed by atoms with Crippen LogP contribution in [0.5, 0.6) is 0 Å². The summed E-state index contributed by atoms with van der Waals surface area (Å²) in [6, 6.07) is 0. The van der Waals surface area contributed by atoms with E-state index in [1.807, 2.05) is 0 Å². The van der Waals surface area contributed by atoms with Gasteiger partial charge in [-0.25, -0.2) is 0 Å². The first-order valence-corrected chi connectivity index (χ1v) is 5.78. The summed E-state index contributed by atoms with van der Waals surface area (Å²) in [5.74, 6) is 0. The maximum atomic E-state index is 12.2. The highest BCUT2D eigenvalue weighted by Gasteiger charge is 2.35. The van der Waals surface area contributed by atoms with Gasteiger partial charge >= 0.3 is 6.18 Å². The summed E-state index contributed by atoms with van der Waals surface area (Å²) >= 11 is 0.489. The third-order valence-electron chi connectivity index (χ3n) is 1.67. The summed E-state index contributed by atoms with van der Waals surface area (Å²) in [5.41, 5.74) is 5.21. The Morgan fingerprint density at radius 2 is 2.06 bits per heavy atom. The number of aromatic nitrogens is 2. The molecule has 0 aromatic carbocycles. The smallest absolute Gasteiger partial charge is 0.380 e. The Morgan fingerprint density at radius 3 is 2.65 bits per heavy atom.